The van der Waals surface area contributed by atoms with Crippen LogP contribution in [0.1, 0.15) is 34.8 Å². The van der Waals surface area contributed by atoms with Gasteiger partial charge in [-0.15, -0.1) is 0 Å². The van der Waals surface area contributed by atoms with Crippen LogP contribution in [-0.4, -0.2) is 34.5 Å². The van der Waals surface area contributed by atoms with E-state index in [2.05, 4.69) is 9.55 Å². The molecule has 0 saturated carbocycles. The molecule has 4 nitrogen and oxygen atoms in total. The van der Waals surface area contributed by atoms with Gasteiger partial charge in [-0.1, -0.05) is 0 Å². The molecule has 2 rings (SSSR count). The smallest absolute Gasteiger partial charge is 0.273 e. The van der Waals surface area contributed by atoms with Gasteiger partial charge in [-0.25, -0.2) is 4.98 Å². The molecule has 1 aliphatic rings. The number of rotatable bonds is 1. The summed E-state index contributed by atoms with van der Waals surface area (Å²) in [5.74, 6) is 0.989. The van der Waals surface area contributed by atoms with Crippen LogP contribution in [-0.2, 0) is 13.0 Å². The van der Waals surface area contributed by atoms with Crippen molar-refractivity contribution in [2.75, 3.05) is 14.1 Å². The Balaban J connectivity index is 2.44. The number of hydrogen-bond acceptors (Lipinski definition) is 2. The number of fused-ring (bicyclic) bond motifs is 1. The minimum atomic E-state index is 0.0220. The van der Waals surface area contributed by atoms with Crippen LogP contribution in [0.25, 0.3) is 0 Å². The Morgan fingerprint density at radius 3 is 2.80 bits per heavy atom. The first kappa shape index (κ1) is 10.2. The molecule has 0 atom stereocenters. The summed E-state index contributed by atoms with van der Waals surface area (Å²) in [4.78, 5) is 17.9. The average Bonchev–Trinajstić information content (AvgIpc) is 2.56. The van der Waals surface area contributed by atoms with Crippen molar-refractivity contribution in [3.63, 3.8) is 0 Å². The molecule has 1 aromatic rings. The summed E-state index contributed by atoms with van der Waals surface area (Å²) < 4.78 is 2.18. The van der Waals surface area contributed by atoms with Gasteiger partial charge in [0.15, 0.2) is 0 Å². The van der Waals surface area contributed by atoms with Crippen molar-refractivity contribution in [1.82, 2.24) is 14.5 Å². The summed E-state index contributed by atoms with van der Waals surface area (Å²) >= 11 is 0. The molecule has 1 aliphatic heterocycles. The summed E-state index contributed by atoms with van der Waals surface area (Å²) in [5, 5.41) is 0. The maximum Gasteiger partial charge on any atom is 0.273 e. The quantitative estimate of drug-likeness (QED) is 0.694. The van der Waals surface area contributed by atoms with Crippen molar-refractivity contribution >= 4 is 5.91 Å². The van der Waals surface area contributed by atoms with Gasteiger partial charge in [0.2, 0.25) is 0 Å². The molecule has 0 N–H and O–H groups in total. The van der Waals surface area contributed by atoms with Gasteiger partial charge in [-0.05, 0) is 26.2 Å². The molecular weight excluding hydrogens is 190 g/mol. The molecule has 0 spiro atoms. The van der Waals surface area contributed by atoms with Gasteiger partial charge in [0.25, 0.3) is 5.91 Å². The minimum Gasteiger partial charge on any atom is -0.343 e. The largest absolute Gasteiger partial charge is 0.343 e. The minimum absolute atomic E-state index is 0.0220. The van der Waals surface area contributed by atoms with E-state index >= 15 is 0 Å². The van der Waals surface area contributed by atoms with Gasteiger partial charge in [0, 0.05) is 20.6 Å². The predicted octanol–water partition coefficient (Wildman–Crippen LogP) is 1.23. The number of carbonyl (C=O) groups is 1. The number of aryl methyl sites for hydroxylation is 1. The van der Waals surface area contributed by atoms with E-state index in [-0.39, 0.29) is 5.91 Å². The number of carbonyl (C=O) groups excluding carboxylic acids is 1. The molecule has 0 aliphatic carbocycles. The van der Waals surface area contributed by atoms with Crippen molar-refractivity contribution in [1.29, 1.82) is 0 Å². The Kier molecular flexibility index (Phi) is 2.50. The Bertz CT molecular complexity index is 393. The molecule has 4 heteroatoms. The van der Waals surface area contributed by atoms with E-state index in [4.69, 9.17) is 0 Å². The molecule has 2 heterocycles. The molecule has 82 valence electrons. The van der Waals surface area contributed by atoms with Crippen molar-refractivity contribution in [3.8, 4) is 0 Å². The summed E-state index contributed by atoms with van der Waals surface area (Å²) in [6, 6.07) is 0. The lowest BCUT2D eigenvalue weighted by molar-refractivity contribution is 0.0821. The predicted molar refractivity (Wildman–Crippen MR) is 57.9 cm³/mol. The molecule has 15 heavy (non-hydrogen) atoms. The first-order chi connectivity index (χ1) is 7.11. The van der Waals surface area contributed by atoms with E-state index < -0.39 is 0 Å². The van der Waals surface area contributed by atoms with Crippen LogP contribution in [0.3, 0.4) is 0 Å². The Morgan fingerprint density at radius 2 is 2.13 bits per heavy atom. The van der Waals surface area contributed by atoms with Gasteiger partial charge in [0.1, 0.15) is 11.5 Å². The van der Waals surface area contributed by atoms with Gasteiger partial charge in [0.05, 0.1) is 5.69 Å². The lowest BCUT2D eigenvalue weighted by atomic mass is 10.1. The van der Waals surface area contributed by atoms with Crippen molar-refractivity contribution in [2.24, 2.45) is 0 Å². The first-order valence-corrected chi connectivity index (χ1v) is 5.39. The molecule has 0 bridgehead atoms. The number of hydrogen-bond donors (Lipinski definition) is 0. The highest BCUT2D eigenvalue weighted by atomic mass is 16.2. The first-order valence-electron chi connectivity index (χ1n) is 5.39. The standard InChI is InChI=1S/C11H17N3O/c1-8-12-10(11(15)13(2)3)9-6-4-5-7-14(8)9/h4-7H2,1-3H3. The molecular formula is C11H17N3O. The molecule has 1 amide bonds. The van der Waals surface area contributed by atoms with E-state index in [0.29, 0.717) is 5.69 Å². The zero-order valence-corrected chi connectivity index (χ0v) is 9.58. The van der Waals surface area contributed by atoms with Gasteiger partial charge in [-0.3, -0.25) is 4.79 Å². The topological polar surface area (TPSA) is 38.1 Å². The highest BCUT2D eigenvalue weighted by molar-refractivity contribution is 5.93. The molecule has 0 fully saturated rings. The van der Waals surface area contributed by atoms with Gasteiger partial charge in [-0.2, -0.15) is 0 Å². The average molecular weight is 207 g/mol. The van der Waals surface area contributed by atoms with Crippen molar-refractivity contribution < 1.29 is 4.79 Å². The highest BCUT2D eigenvalue weighted by Crippen LogP contribution is 2.21. The molecule has 1 aromatic heterocycles. The normalized spacial score (nSPS) is 14.9. The third-order valence-electron chi connectivity index (χ3n) is 2.92. The van der Waals surface area contributed by atoms with Crippen LogP contribution >= 0.6 is 0 Å². The summed E-state index contributed by atoms with van der Waals surface area (Å²) in [5.41, 5.74) is 1.77. The fraction of sp³-hybridized carbons (Fsp3) is 0.636. The molecule has 0 radical (unpaired) electrons. The van der Waals surface area contributed by atoms with Crippen LogP contribution in [0.4, 0.5) is 0 Å². The Morgan fingerprint density at radius 1 is 1.40 bits per heavy atom. The maximum atomic E-state index is 11.9. The molecule has 0 saturated heterocycles. The van der Waals surface area contributed by atoms with Gasteiger partial charge >= 0.3 is 0 Å². The fourth-order valence-corrected chi connectivity index (χ4v) is 2.11. The van der Waals surface area contributed by atoms with Gasteiger partial charge < -0.3 is 9.47 Å². The van der Waals surface area contributed by atoms with E-state index in [0.717, 1.165) is 24.5 Å². The van der Waals surface area contributed by atoms with E-state index in [1.54, 1.807) is 19.0 Å². The second kappa shape index (κ2) is 3.68. The summed E-state index contributed by atoms with van der Waals surface area (Å²) in [6.45, 7) is 2.98. The Labute approximate surface area is 89.9 Å². The number of aromatic nitrogens is 2. The van der Waals surface area contributed by atoms with Crippen LogP contribution in [0, 0.1) is 6.92 Å². The van der Waals surface area contributed by atoms with Crippen LogP contribution in [0.2, 0.25) is 0 Å². The lowest BCUT2D eigenvalue weighted by Crippen LogP contribution is -2.24. The maximum absolute atomic E-state index is 11.9. The van der Waals surface area contributed by atoms with E-state index in [9.17, 15) is 4.79 Å². The molecule has 0 aromatic carbocycles. The third kappa shape index (κ3) is 1.64. The zero-order valence-electron chi connectivity index (χ0n) is 9.58. The number of imidazole rings is 1. The third-order valence-corrected chi connectivity index (χ3v) is 2.92. The second-order valence-corrected chi connectivity index (χ2v) is 4.26. The van der Waals surface area contributed by atoms with E-state index in [1.807, 2.05) is 6.92 Å². The zero-order chi connectivity index (χ0) is 11.0. The van der Waals surface area contributed by atoms with Crippen LogP contribution in [0.15, 0.2) is 0 Å². The summed E-state index contributed by atoms with van der Waals surface area (Å²) in [7, 11) is 3.54. The summed E-state index contributed by atoms with van der Waals surface area (Å²) in [6.07, 6.45) is 3.34. The highest BCUT2D eigenvalue weighted by Gasteiger charge is 2.23. The second-order valence-electron chi connectivity index (χ2n) is 4.26. The monoisotopic (exact) mass is 207 g/mol. The van der Waals surface area contributed by atoms with E-state index in [1.165, 1.54) is 12.8 Å². The lowest BCUT2D eigenvalue weighted by Gasteiger charge is -2.17. The van der Waals surface area contributed by atoms with Crippen LogP contribution in [0.5, 0.6) is 0 Å². The fourth-order valence-electron chi connectivity index (χ4n) is 2.11. The SMILES string of the molecule is Cc1nc(C(=O)N(C)C)c2n1CCCC2. The molecule has 0 unspecified atom stereocenters. The number of amides is 1. The Hall–Kier alpha value is -1.32. The van der Waals surface area contributed by atoms with Crippen molar-refractivity contribution in [2.45, 2.75) is 32.7 Å². The van der Waals surface area contributed by atoms with Crippen molar-refractivity contribution in [3.05, 3.63) is 17.2 Å². The van der Waals surface area contributed by atoms with Crippen LogP contribution < -0.4 is 0 Å². The number of nitrogens with zero attached hydrogens (tertiary/aromatic N) is 3.